The Morgan fingerprint density at radius 2 is 1.50 bits per heavy atom. The fourth-order valence-corrected chi connectivity index (χ4v) is 9.40. The second-order valence-corrected chi connectivity index (χ2v) is 13.6. The second-order valence-electron chi connectivity index (χ2n) is 8.29. The van der Waals surface area contributed by atoms with Crippen LogP contribution in [0.15, 0.2) is 72.8 Å². The minimum atomic E-state index is -2.88. The molecule has 0 spiro atoms. The van der Waals surface area contributed by atoms with Gasteiger partial charge in [-0.15, -0.1) is 0 Å². The van der Waals surface area contributed by atoms with Crippen LogP contribution in [0.4, 0.5) is 0 Å². The van der Waals surface area contributed by atoms with Crippen molar-refractivity contribution in [1.29, 1.82) is 0 Å². The summed E-state index contributed by atoms with van der Waals surface area (Å²) in [6.07, 6.45) is 1.85. The Morgan fingerprint density at radius 3 is 1.93 bits per heavy atom. The van der Waals surface area contributed by atoms with E-state index in [1.54, 1.807) is 11.8 Å². The van der Waals surface area contributed by atoms with Crippen molar-refractivity contribution >= 4 is 30.5 Å². The first-order chi connectivity index (χ1) is 13.4. The van der Waals surface area contributed by atoms with E-state index in [1.807, 2.05) is 42.5 Å². The topological polar surface area (TPSA) is 49.7 Å². The lowest BCUT2D eigenvalue weighted by molar-refractivity contribution is -0.120. The number of hydrogen-bond donors (Lipinski definition) is 2. The lowest BCUT2D eigenvalue weighted by Gasteiger charge is -2.45. The van der Waals surface area contributed by atoms with Crippen LogP contribution in [-0.4, -0.2) is 42.4 Å². The zero-order chi connectivity index (χ0) is 20.2. The van der Waals surface area contributed by atoms with Gasteiger partial charge in [-0.2, -0.15) is 11.8 Å². The zero-order valence-corrected chi connectivity index (χ0v) is 18.6. The minimum absolute atomic E-state index is 0.105. The Labute approximate surface area is 173 Å². The van der Waals surface area contributed by atoms with Crippen LogP contribution < -0.4 is 10.4 Å². The molecule has 1 aliphatic rings. The van der Waals surface area contributed by atoms with Gasteiger partial charge >= 0.3 is 0 Å². The maximum absolute atomic E-state index is 11.0. The van der Waals surface area contributed by atoms with Gasteiger partial charge in [-0.3, -0.25) is 0 Å². The highest BCUT2D eigenvalue weighted by atomic mass is 32.2. The monoisotopic (exact) mass is 414 g/mol. The Bertz CT molecular complexity index is 734. The van der Waals surface area contributed by atoms with Gasteiger partial charge < -0.3 is 14.6 Å². The molecule has 0 radical (unpaired) electrons. The fraction of sp³-hybridized carbons (Fsp3) is 0.391. The molecule has 0 bridgehead atoms. The number of benzene rings is 2. The summed E-state index contributed by atoms with van der Waals surface area (Å²) in [7, 11) is -2.88. The average Bonchev–Trinajstić information content (AvgIpc) is 2.72. The van der Waals surface area contributed by atoms with E-state index in [0.29, 0.717) is 0 Å². The third kappa shape index (κ3) is 4.29. The molecule has 1 heterocycles. The van der Waals surface area contributed by atoms with Crippen LogP contribution in [0.5, 0.6) is 0 Å². The highest BCUT2D eigenvalue weighted by Crippen LogP contribution is 2.38. The molecular formula is C23H30O3SSi. The van der Waals surface area contributed by atoms with E-state index in [2.05, 4.69) is 51.1 Å². The van der Waals surface area contributed by atoms with Crippen LogP contribution in [0, 0.1) is 5.92 Å². The van der Waals surface area contributed by atoms with Gasteiger partial charge in [0.15, 0.2) is 6.29 Å². The van der Waals surface area contributed by atoms with Crippen LogP contribution in [0.3, 0.4) is 0 Å². The molecule has 2 N–H and O–H groups in total. The highest BCUT2D eigenvalue weighted by Gasteiger charge is 2.52. The lowest BCUT2D eigenvalue weighted by Crippen LogP contribution is -2.68. The first-order valence-electron chi connectivity index (χ1n) is 9.75. The van der Waals surface area contributed by atoms with Gasteiger partial charge in [-0.05, 0) is 15.4 Å². The van der Waals surface area contributed by atoms with Crippen molar-refractivity contribution in [3.63, 3.8) is 0 Å². The predicted octanol–water partition coefficient (Wildman–Crippen LogP) is 3.16. The molecule has 1 unspecified atom stereocenters. The summed E-state index contributed by atoms with van der Waals surface area (Å²) < 4.78 is 6.59. The van der Waals surface area contributed by atoms with Crippen molar-refractivity contribution < 1.29 is 14.6 Å². The van der Waals surface area contributed by atoms with Crippen LogP contribution in [-0.2, 0) is 4.43 Å². The van der Waals surface area contributed by atoms with Gasteiger partial charge in [0.05, 0.1) is 0 Å². The normalized spacial score (nSPS) is 20.0. The predicted molar refractivity (Wildman–Crippen MR) is 121 cm³/mol. The molecule has 0 fully saturated rings. The molecule has 0 amide bonds. The molecular weight excluding hydrogens is 384 g/mol. The van der Waals surface area contributed by atoms with Gasteiger partial charge in [0.25, 0.3) is 8.32 Å². The molecule has 3 nitrogen and oxygen atoms in total. The second kappa shape index (κ2) is 8.97. The molecule has 5 heteroatoms. The summed E-state index contributed by atoms with van der Waals surface area (Å²) in [6, 6.07) is 20.4. The Balaban J connectivity index is 2.05. The van der Waals surface area contributed by atoms with Crippen molar-refractivity contribution in [2.45, 2.75) is 38.2 Å². The van der Waals surface area contributed by atoms with Crippen LogP contribution in [0.1, 0.15) is 20.8 Å². The van der Waals surface area contributed by atoms with E-state index in [4.69, 9.17) is 4.43 Å². The SMILES string of the molecule is CC(C)(C)[Si](OC(O)[C@H](O)[C@H]1C=CCSC1)(c1ccccc1)c1ccccc1. The quantitative estimate of drug-likeness (QED) is 0.433. The minimum Gasteiger partial charge on any atom is -0.387 e. The molecule has 2 aromatic rings. The van der Waals surface area contributed by atoms with Crippen molar-refractivity contribution in [1.82, 2.24) is 0 Å². The summed E-state index contributed by atoms with van der Waals surface area (Å²) in [4.78, 5) is 0. The summed E-state index contributed by atoms with van der Waals surface area (Å²) in [5.41, 5.74) is 0. The smallest absolute Gasteiger partial charge is 0.264 e. The summed E-state index contributed by atoms with van der Waals surface area (Å²) in [6.45, 7) is 6.48. The first-order valence-corrected chi connectivity index (χ1v) is 12.8. The molecule has 0 saturated carbocycles. The molecule has 0 aliphatic carbocycles. The number of aliphatic hydroxyl groups is 2. The van der Waals surface area contributed by atoms with Gasteiger partial charge in [-0.25, -0.2) is 0 Å². The van der Waals surface area contributed by atoms with Gasteiger partial charge in [0.2, 0.25) is 0 Å². The summed E-state index contributed by atoms with van der Waals surface area (Å²) in [5, 5.41) is 23.8. The molecule has 3 rings (SSSR count). The van der Waals surface area contributed by atoms with Crippen LogP contribution >= 0.6 is 11.8 Å². The van der Waals surface area contributed by atoms with E-state index in [1.165, 1.54) is 0 Å². The van der Waals surface area contributed by atoms with Crippen LogP contribution in [0.2, 0.25) is 5.04 Å². The Kier molecular flexibility index (Phi) is 6.84. The third-order valence-corrected chi connectivity index (χ3v) is 11.4. The fourth-order valence-electron chi connectivity index (χ4n) is 3.92. The van der Waals surface area contributed by atoms with Crippen LogP contribution in [0.25, 0.3) is 0 Å². The van der Waals surface area contributed by atoms with Crippen molar-refractivity contribution in [3.05, 3.63) is 72.8 Å². The molecule has 0 aromatic heterocycles. The molecule has 28 heavy (non-hydrogen) atoms. The van der Waals surface area contributed by atoms with Gasteiger partial charge in [0, 0.05) is 17.4 Å². The molecule has 1 aliphatic heterocycles. The maximum Gasteiger partial charge on any atom is 0.264 e. The number of thioether (sulfide) groups is 1. The third-order valence-electron chi connectivity index (χ3n) is 5.35. The van der Waals surface area contributed by atoms with Gasteiger partial charge in [-0.1, -0.05) is 93.6 Å². The summed E-state index contributed by atoms with van der Waals surface area (Å²) >= 11 is 1.76. The molecule has 0 saturated heterocycles. The number of hydrogen-bond acceptors (Lipinski definition) is 4. The van der Waals surface area contributed by atoms with Crippen molar-refractivity contribution in [2.75, 3.05) is 11.5 Å². The lowest BCUT2D eigenvalue weighted by atomic mass is 10.0. The van der Waals surface area contributed by atoms with E-state index in [0.717, 1.165) is 21.9 Å². The zero-order valence-electron chi connectivity index (χ0n) is 16.8. The van der Waals surface area contributed by atoms with E-state index in [9.17, 15) is 10.2 Å². The van der Waals surface area contributed by atoms with E-state index < -0.39 is 20.7 Å². The first kappa shape index (κ1) is 21.3. The standard InChI is InChI=1S/C23H30O3SSi/c1-23(2,3)28(19-12-6-4-7-13-19,20-14-8-5-9-15-20)26-22(25)21(24)18-11-10-16-27-17-18/h4-15,18,21-22,24-25H,16-17H2,1-3H3/t18-,21+,22?/m0/s1. The van der Waals surface area contributed by atoms with E-state index >= 15 is 0 Å². The number of aliphatic hydroxyl groups excluding tert-OH is 2. The average molecular weight is 415 g/mol. The maximum atomic E-state index is 11.0. The van der Waals surface area contributed by atoms with Crippen molar-refractivity contribution in [2.24, 2.45) is 5.92 Å². The van der Waals surface area contributed by atoms with E-state index in [-0.39, 0.29) is 11.0 Å². The Hall–Kier alpha value is -1.37. The molecule has 2 aromatic carbocycles. The highest BCUT2D eigenvalue weighted by molar-refractivity contribution is 7.99. The van der Waals surface area contributed by atoms with Gasteiger partial charge in [0.1, 0.15) is 6.10 Å². The number of rotatable bonds is 6. The largest absolute Gasteiger partial charge is 0.387 e. The Morgan fingerprint density at radius 1 is 0.964 bits per heavy atom. The molecule has 150 valence electrons. The summed E-state index contributed by atoms with van der Waals surface area (Å²) in [5.74, 6) is 1.64. The molecule has 3 atom stereocenters. The van der Waals surface area contributed by atoms with Crippen molar-refractivity contribution in [3.8, 4) is 0 Å².